The molecule has 3 nitrogen and oxygen atoms in total. The van der Waals surface area contributed by atoms with Crippen molar-refractivity contribution in [2.75, 3.05) is 6.54 Å². The van der Waals surface area contributed by atoms with Gasteiger partial charge in [0.15, 0.2) is 0 Å². The Morgan fingerprint density at radius 2 is 2.26 bits per heavy atom. The van der Waals surface area contributed by atoms with Crippen LogP contribution in [0, 0.1) is 0 Å². The lowest BCUT2D eigenvalue weighted by Gasteiger charge is -2.24. The molecule has 1 N–H and O–H groups in total. The number of benzene rings is 1. The second-order valence-corrected chi connectivity index (χ2v) is 5.33. The van der Waals surface area contributed by atoms with E-state index in [9.17, 15) is 0 Å². The number of nitrogens with one attached hydrogen (secondary N) is 1. The number of aromatic nitrogens is 2. The quantitative estimate of drug-likeness (QED) is 0.910. The third-order valence-electron chi connectivity index (χ3n) is 4.09. The van der Waals surface area contributed by atoms with Crippen LogP contribution in [0.25, 0.3) is 0 Å². The lowest BCUT2D eigenvalue weighted by Crippen LogP contribution is -2.25. The Hall–Kier alpha value is -1.61. The summed E-state index contributed by atoms with van der Waals surface area (Å²) < 4.78 is 1.89. The molecule has 2 unspecified atom stereocenters. The zero-order valence-corrected chi connectivity index (χ0v) is 11.6. The van der Waals surface area contributed by atoms with E-state index in [0.29, 0.717) is 12.0 Å². The second kappa shape index (κ2) is 5.17. The van der Waals surface area contributed by atoms with E-state index in [1.54, 1.807) is 0 Å². The van der Waals surface area contributed by atoms with E-state index in [2.05, 4.69) is 47.8 Å². The van der Waals surface area contributed by atoms with Gasteiger partial charge in [0.2, 0.25) is 0 Å². The Bertz CT molecular complexity index is 559. The van der Waals surface area contributed by atoms with Gasteiger partial charge in [-0.05, 0) is 30.5 Å². The number of hydrogen-bond donors (Lipinski definition) is 1. The minimum absolute atomic E-state index is 0.377. The summed E-state index contributed by atoms with van der Waals surface area (Å²) in [5.41, 5.74) is 4.32. The van der Waals surface area contributed by atoms with Crippen molar-refractivity contribution in [1.82, 2.24) is 15.1 Å². The van der Waals surface area contributed by atoms with Crippen LogP contribution in [-0.4, -0.2) is 16.3 Å². The summed E-state index contributed by atoms with van der Waals surface area (Å²) in [7, 11) is 1.98. The van der Waals surface area contributed by atoms with Crippen molar-refractivity contribution < 1.29 is 0 Å². The van der Waals surface area contributed by atoms with E-state index in [0.717, 1.165) is 6.54 Å². The van der Waals surface area contributed by atoms with E-state index in [1.807, 2.05) is 17.9 Å². The van der Waals surface area contributed by atoms with Crippen molar-refractivity contribution in [3.05, 3.63) is 53.3 Å². The molecule has 0 spiro atoms. The molecule has 0 aliphatic heterocycles. The minimum atomic E-state index is 0.377. The van der Waals surface area contributed by atoms with Crippen LogP contribution in [0.5, 0.6) is 0 Å². The Morgan fingerprint density at radius 1 is 1.42 bits per heavy atom. The molecule has 2 atom stereocenters. The number of likely N-dealkylation sites (N-methyl/N-ethyl adjacent to an activating group) is 1. The molecule has 0 saturated carbocycles. The van der Waals surface area contributed by atoms with Crippen LogP contribution in [0.3, 0.4) is 0 Å². The molecular formula is C16H21N3. The fourth-order valence-corrected chi connectivity index (χ4v) is 3.25. The zero-order valence-electron chi connectivity index (χ0n) is 11.6. The standard InChI is InChI=1S/C16H21N3/c1-3-17-16(13-10-18-19(2)11-13)15-9-8-12-6-4-5-7-14(12)15/h4-7,10-11,15-17H,3,8-9H2,1-2H3. The smallest absolute Gasteiger partial charge is 0.0537 e. The first-order valence-corrected chi connectivity index (χ1v) is 7.09. The monoisotopic (exact) mass is 255 g/mol. The molecule has 3 heteroatoms. The molecule has 19 heavy (non-hydrogen) atoms. The Balaban J connectivity index is 1.94. The van der Waals surface area contributed by atoms with Gasteiger partial charge >= 0.3 is 0 Å². The first-order chi connectivity index (χ1) is 9.29. The molecule has 0 amide bonds. The Morgan fingerprint density at radius 3 is 3.00 bits per heavy atom. The molecule has 3 rings (SSSR count). The van der Waals surface area contributed by atoms with Gasteiger partial charge in [0, 0.05) is 30.8 Å². The topological polar surface area (TPSA) is 29.9 Å². The van der Waals surface area contributed by atoms with Gasteiger partial charge in [0.25, 0.3) is 0 Å². The minimum Gasteiger partial charge on any atom is -0.310 e. The van der Waals surface area contributed by atoms with Gasteiger partial charge in [0.05, 0.1) is 6.20 Å². The average Bonchev–Trinajstić information content (AvgIpc) is 3.03. The van der Waals surface area contributed by atoms with E-state index in [-0.39, 0.29) is 0 Å². The highest BCUT2D eigenvalue weighted by Crippen LogP contribution is 2.41. The van der Waals surface area contributed by atoms with Crippen LogP contribution >= 0.6 is 0 Å². The van der Waals surface area contributed by atoms with Crippen molar-refractivity contribution in [2.24, 2.45) is 7.05 Å². The SMILES string of the molecule is CCNC(c1cnn(C)c1)C1CCc2ccccc21. The number of hydrogen-bond acceptors (Lipinski definition) is 2. The molecular weight excluding hydrogens is 234 g/mol. The molecule has 0 bridgehead atoms. The molecule has 2 aromatic rings. The Labute approximate surface area is 114 Å². The van der Waals surface area contributed by atoms with Crippen molar-refractivity contribution in [3.63, 3.8) is 0 Å². The highest BCUT2D eigenvalue weighted by molar-refractivity contribution is 5.37. The fourth-order valence-electron chi connectivity index (χ4n) is 3.25. The number of nitrogens with zero attached hydrogens (tertiary/aromatic N) is 2. The van der Waals surface area contributed by atoms with Gasteiger partial charge in [0.1, 0.15) is 0 Å². The highest BCUT2D eigenvalue weighted by Gasteiger charge is 2.30. The maximum absolute atomic E-state index is 4.32. The third-order valence-corrected chi connectivity index (χ3v) is 4.09. The van der Waals surface area contributed by atoms with Crippen molar-refractivity contribution in [3.8, 4) is 0 Å². The largest absolute Gasteiger partial charge is 0.310 e. The summed E-state index contributed by atoms with van der Waals surface area (Å²) in [5.74, 6) is 0.570. The first kappa shape index (κ1) is 12.4. The second-order valence-electron chi connectivity index (χ2n) is 5.33. The summed E-state index contributed by atoms with van der Waals surface area (Å²) in [5, 5.41) is 7.97. The Kier molecular flexibility index (Phi) is 3.38. The van der Waals surface area contributed by atoms with Crippen LogP contribution in [0.15, 0.2) is 36.7 Å². The maximum Gasteiger partial charge on any atom is 0.0537 e. The van der Waals surface area contributed by atoms with E-state index in [4.69, 9.17) is 0 Å². The van der Waals surface area contributed by atoms with E-state index < -0.39 is 0 Å². The predicted molar refractivity (Wildman–Crippen MR) is 77.1 cm³/mol. The summed E-state index contributed by atoms with van der Waals surface area (Å²) in [6.45, 7) is 3.16. The summed E-state index contributed by atoms with van der Waals surface area (Å²) in [6.07, 6.45) is 6.55. The lowest BCUT2D eigenvalue weighted by molar-refractivity contribution is 0.453. The molecule has 0 saturated heterocycles. The maximum atomic E-state index is 4.32. The van der Waals surface area contributed by atoms with E-state index >= 15 is 0 Å². The highest BCUT2D eigenvalue weighted by atomic mass is 15.2. The van der Waals surface area contributed by atoms with Gasteiger partial charge in [-0.15, -0.1) is 0 Å². The van der Waals surface area contributed by atoms with Crippen molar-refractivity contribution in [1.29, 1.82) is 0 Å². The van der Waals surface area contributed by atoms with Crippen molar-refractivity contribution in [2.45, 2.75) is 31.7 Å². The molecule has 1 aromatic heterocycles. The molecule has 1 heterocycles. The van der Waals surface area contributed by atoms with Crippen LogP contribution in [0.1, 0.15) is 42.0 Å². The zero-order chi connectivity index (χ0) is 13.2. The number of rotatable bonds is 4. The molecule has 1 aliphatic carbocycles. The lowest BCUT2D eigenvalue weighted by atomic mass is 9.89. The van der Waals surface area contributed by atoms with Crippen LogP contribution in [0.2, 0.25) is 0 Å². The van der Waals surface area contributed by atoms with Gasteiger partial charge < -0.3 is 5.32 Å². The third kappa shape index (κ3) is 2.30. The molecule has 100 valence electrons. The van der Waals surface area contributed by atoms with Gasteiger partial charge in [-0.2, -0.15) is 5.10 Å². The van der Waals surface area contributed by atoms with Gasteiger partial charge in [-0.3, -0.25) is 4.68 Å². The van der Waals surface area contributed by atoms with E-state index in [1.165, 1.54) is 29.5 Å². The molecule has 1 aromatic carbocycles. The summed E-state index contributed by atoms with van der Waals surface area (Å²) >= 11 is 0. The van der Waals surface area contributed by atoms with Crippen LogP contribution < -0.4 is 5.32 Å². The number of aryl methyl sites for hydroxylation is 2. The first-order valence-electron chi connectivity index (χ1n) is 7.09. The summed E-state index contributed by atoms with van der Waals surface area (Å²) in [4.78, 5) is 0. The molecule has 0 fully saturated rings. The number of fused-ring (bicyclic) bond motifs is 1. The molecule has 0 radical (unpaired) electrons. The van der Waals surface area contributed by atoms with Crippen LogP contribution in [-0.2, 0) is 13.5 Å². The fraction of sp³-hybridized carbons (Fsp3) is 0.438. The summed E-state index contributed by atoms with van der Waals surface area (Å²) in [6, 6.07) is 9.23. The van der Waals surface area contributed by atoms with Crippen molar-refractivity contribution >= 4 is 0 Å². The normalized spacial score (nSPS) is 19.4. The predicted octanol–water partition coefficient (Wildman–Crippen LogP) is 2.80. The van der Waals surface area contributed by atoms with Crippen LogP contribution in [0.4, 0.5) is 0 Å². The average molecular weight is 255 g/mol. The van der Waals surface area contributed by atoms with Gasteiger partial charge in [-0.1, -0.05) is 31.2 Å². The molecule has 1 aliphatic rings. The van der Waals surface area contributed by atoms with Gasteiger partial charge in [-0.25, -0.2) is 0 Å².